The lowest BCUT2D eigenvalue weighted by Gasteiger charge is -2.31. The lowest BCUT2D eigenvalue weighted by molar-refractivity contribution is 0.232. The van der Waals surface area contributed by atoms with Gasteiger partial charge in [-0.3, -0.25) is 5.32 Å². The summed E-state index contributed by atoms with van der Waals surface area (Å²) in [4.78, 5) is 0. The molecule has 7 heteroatoms. The molecular formula is C17H22ClN3OS2. The molecule has 4 nitrogen and oxygen atoms in total. The Balaban J connectivity index is 1.77. The zero-order valence-electron chi connectivity index (χ0n) is 13.9. The third-order valence-corrected chi connectivity index (χ3v) is 5.80. The first-order valence-corrected chi connectivity index (χ1v) is 9.84. The van der Waals surface area contributed by atoms with E-state index in [1.165, 1.54) is 29.7 Å². The van der Waals surface area contributed by atoms with Crippen molar-refractivity contribution < 1.29 is 4.74 Å². The minimum Gasteiger partial charge on any atom is -0.466 e. The Morgan fingerprint density at radius 2 is 2.00 bits per heavy atom. The average Bonchev–Trinajstić information content (AvgIpc) is 3.13. The largest absolute Gasteiger partial charge is 0.466 e. The molecule has 1 N–H and O–H groups in total. The van der Waals surface area contributed by atoms with E-state index < -0.39 is 0 Å². The minimum absolute atomic E-state index is 0.0257. The van der Waals surface area contributed by atoms with Crippen LogP contribution in [-0.4, -0.2) is 15.9 Å². The number of rotatable bonds is 6. The molecule has 130 valence electrons. The van der Waals surface area contributed by atoms with Crippen LogP contribution in [0.4, 0.5) is 0 Å². The monoisotopic (exact) mass is 383 g/mol. The zero-order chi connectivity index (χ0) is 17.2. The molecule has 0 bridgehead atoms. The number of halogens is 1. The molecule has 0 saturated heterocycles. The van der Waals surface area contributed by atoms with Crippen molar-refractivity contribution in [2.75, 3.05) is 0 Å². The second-order valence-electron chi connectivity index (χ2n) is 6.43. The molecule has 1 fully saturated rings. The van der Waals surface area contributed by atoms with E-state index in [0.717, 1.165) is 21.8 Å². The summed E-state index contributed by atoms with van der Waals surface area (Å²) < 4.78 is 8.19. The first-order valence-electron chi connectivity index (χ1n) is 8.24. The number of hydrogen-bond acceptors (Lipinski definition) is 5. The van der Waals surface area contributed by atoms with Crippen LogP contribution >= 0.6 is 35.2 Å². The topological polar surface area (TPSA) is 39.1 Å². The van der Waals surface area contributed by atoms with Gasteiger partial charge >= 0.3 is 0 Å². The highest BCUT2D eigenvalue weighted by Crippen LogP contribution is 2.39. The van der Waals surface area contributed by atoms with Crippen LogP contribution in [-0.2, 0) is 12.2 Å². The van der Waals surface area contributed by atoms with E-state index in [-0.39, 0.29) is 11.6 Å². The van der Waals surface area contributed by atoms with Crippen LogP contribution in [0.15, 0.2) is 24.3 Å². The molecule has 1 aromatic heterocycles. The molecule has 1 saturated carbocycles. The van der Waals surface area contributed by atoms with E-state index in [1.54, 1.807) is 0 Å². The Morgan fingerprint density at radius 1 is 1.33 bits per heavy atom. The van der Waals surface area contributed by atoms with Crippen LogP contribution in [0.25, 0.3) is 0 Å². The van der Waals surface area contributed by atoms with Crippen LogP contribution in [0.2, 0.25) is 5.02 Å². The fourth-order valence-corrected chi connectivity index (χ4v) is 4.36. The Hall–Kier alpha value is -0.950. The highest BCUT2D eigenvalue weighted by molar-refractivity contribution is 7.73. The van der Waals surface area contributed by atoms with Crippen molar-refractivity contribution >= 4 is 35.2 Å². The predicted octanol–water partition coefficient (Wildman–Crippen LogP) is 5.13. The molecule has 3 rings (SSSR count). The number of nitrogens with zero attached hydrogens (tertiary/aromatic N) is 2. The summed E-state index contributed by atoms with van der Waals surface area (Å²) in [6.45, 7) is 4.56. The lowest BCUT2D eigenvalue weighted by atomic mass is 9.88. The summed E-state index contributed by atoms with van der Waals surface area (Å²) in [5, 5.41) is 9.57. The average molecular weight is 384 g/mol. The summed E-state index contributed by atoms with van der Waals surface area (Å²) >= 11 is 12.9. The smallest absolute Gasteiger partial charge is 0.293 e. The number of aromatic nitrogens is 2. The van der Waals surface area contributed by atoms with Crippen LogP contribution in [0.5, 0.6) is 5.19 Å². The SMILES string of the molecule is CC(C)Oc1nn(CNC2(c3ccc(Cl)cc3)CCCC2)c(=S)s1. The molecule has 1 heterocycles. The van der Waals surface area contributed by atoms with Gasteiger partial charge in [-0.25, -0.2) is 4.68 Å². The van der Waals surface area contributed by atoms with Gasteiger partial charge in [0.1, 0.15) is 0 Å². The van der Waals surface area contributed by atoms with Gasteiger partial charge in [-0.05, 0) is 67.9 Å². The van der Waals surface area contributed by atoms with E-state index >= 15 is 0 Å². The predicted molar refractivity (Wildman–Crippen MR) is 101 cm³/mol. The van der Waals surface area contributed by atoms with Crippen molar-refractivity contribution in [2.24, 2.45) is 0 Å². The van der Waals surface area contributed by atoms with Crippen molar-refractivity contribution in [3.63, 3.8) is 0 Å². The van der Waals surface area contributed by atoms with E-state index in [4.69, 9.17) is 28.6 Å². The first-order chi connectivity index (χ1) is 11.5. The maximum Gasteiger partial charge on any atom is 0.293 e. The maximum absolute atomic E-state index is 6.04. The van der Waals surface area contributed by atoms with Crippen molar-refractivity contribution in [1.29, 1.82) is 0 Å². The molecule has 0 aliphatic heterocycles. The standard InChI is InChI=1S/C17H22ClN3OS2/c1-12(2)22-15-20-21(16(23)24-15)11-19-17(9-3-4-10-17)13-5-7-14(18)8-6-13/h5-8,12,19H,3-4,9-11H2,1-2H3. The Bertz CT molecular complexity index is 733. The zero-order valence-corrected chi connectivity index (χ0v) is 16.3. The van der Waals surface area contributed by atoms with Crippen LogP contribution < -0.4 is 10.1 Å². The summed E-state index contributed by atoms with van der Waals surface area (Å²) in [5.41, 5.74) is 1.26. The lowest BCUT2D eigenvalue weighted by Crippen LogP contribution is -2.41. The molecule has 0 atom stereocenters. The van der Waals surface area contributed by atoms with Crippen molar-refractivity contribution in [2.45, 2.75) is 57.8 Å². The second kappa shape index (κ2) is 7.52. The van der Waals surface area contributed by atoms with Gasteiger partial charge in [-0.2, -0.15) is 0 Å². The highest BCUT2D eigenvalue weighted by Gasteiger charge is 2.35. The summed E-state index contributed by atoms with van der Waals surface area (Å²) in [6.07, 6.45) is 4.77. The van der Waals surface area contributed by atoms with Crippen molar-refractivity contribution in [3.8, 4) is 5.19 Å². The molecular weight excluding hydrogens is 362 g/mol. The fourth-order valence-electron chi connectivity index (χ4n) is 3.18. The highest BCUT2D eigenvalue weighted by atomic mass is 35.5. The normalized spacial score (nSPS) is 16.7. The number of benzene rings is 1. The molecule has 0 amide bonds. The van der Waals surface area contributed by atoms with Crippen LogP contribution in [0.3, 0.4) is 0 Å². The van der Waals surface area contributed by atoms with Gasteiger partial charge in [-0.15, -0.1) is 5.10 Å². The van der Waals surface area contributed by atoms with Gasteiger partial charge in [0.25, 0.3) is 5.19 Å². The molecule has 24 heavy (non-hydrogen) atoms. The second-order valence-corrected chi connectivity index (χ2v) is 8.45. The molecule has 2 aromatic rings. The van der Waals surface area contributed by atoms with Gasteiger partial charge in [0, 0.05) is 10.6 Å². The molecule has 0 radical (unpaired) electrons. The molecule has 1 aliphatic rings. The minimum atomic E-state index is -0.0257. The first kappa shape index (κ1) is 17.9. The van der Waals surface area contributed by atoms with Crippen LogP contribution in [0.1, 0.15) is 45.1 Å². The quantitative estimate of drug-likeness (QED) is 0.701. The van der Waals surface area contributed by atoms with Crippen LogP contribution in [0, 0.1) is 3.95 Å². The molecule has 1 aliphatic carbocycles. The van der Waals surface area contributed by atoms with Gasteiger partial charge in [0.2, 0.25) is 0 Å². The third kappa shape index (κ3) is 3.99. The maximum atomic E-state index is 6.04. The van der Waals surface area contributed by atoms with E-state index in [2.05, 4.69) is 22.5 Å². The van der Waals surface area contributed by atoms with E-state index in [1.807, 2.05) is 30.7 Å². The van der Waals surface area contributed by atoms with Crippen molar-refractivity contribution in [3.05, 3.63) is 38.8 Å². The number of hydrogen-bond donors (Lipinski definition) is 1. The van der Waals surface area contributed by atoms with E-state index in [0.29, 0.717) is 11.9 Å². The van der Waals surface area contributed by atoms with Gasteiger partial charge in [0.15, 0.2) is 3.95 Å². The van der Waals surface area contributed by atoms with Crippen molar-refractivity contribution in [1.82, 2.24) is 15.1 Å². The summed E-state index contributed by atoms with van der Waals surface area (Å²) in [7, 11) is 0. The van der Waals surface area contributed by atoms with Gasteiger partial charge in [0.05, 0.1) is 12.8 Å². The Morgan fingerprint density at radius 3 is 2.62 bits per heavy atom. The summed E-state index contributed by atoms with van der Waals surface area (Å²) in [6, 6.07) is 8.16. The number of ether oxygens (including phenoxy) is 1. The third-order valence-electron chi connectivity index (χ3n) is 4.35. The summed E-state index contributed by atoms with van der Waals surface area (Å²) in [5.74, 6) is 0. The Kier molecular flexibility index (Phi) is 5.59. The fraction of sp³-hybridized carbons (Fsp3) is 0.529. The Labute approximate surface area is 156 Å². The molecule has 0 unspecified atom stereocenters. The molecule has 0 spiro atoms. The molecule has 1 aromatic carbocycles. The van der Waals surface area contributed by atoms with Gasteiger partial charge < -0.3 is 4.74 Å². The van der Waals surface area contributed by atoms with E-state index in [9.17, 15) is 0 Å². The number of nitrogens with one attached hydrogen (secondary N) is 1. The van der Waals surface area contributed by atoms with Gasteiger partial charge in [-0.1, -0.05) is 36.6 Å².